The first-order valence-corrected chi connectivity index (χ1v) is 10.9. The van der Waals surface area contributed by atoms with Gasteiger partial charge in [-0.05, 0) is 56.4 Å². The molecule has 0 unspecified atom stereocenters. The summed E-state index contributed by atoms with van der Waals surface area (Å²) < 4.78 is 5.26. The van der Waals surface area contributed by atoms with E-state index in [2.05, 4.69) is 10.6 Å². The standard InChI is InChI=1S/C20H22Cl2N2O3S/c1-2-27-19(25)17-13-7-5-3-4-6-8-16(13)28-18(17)24-20(26)23-12-9-10-14(21)15(22)11-12/h9-11H,2-8H2,1H3,(H2,23,24,26). The van der Waals surface area contributed by atoms with Crippen LogP contribution in [0.1, 0.15) is 53.4 Å². The van der Waals surface area contributed by atoms with Gasteiger partial charge < -0.3 is 10.1 Å². The Morgan fingerprint density at radius 2 is 1.82 bits per heavy atom. The molecule has 0 atom stereocenters. The van der Waals surface area contributed by atoms with E-state index in [9.17, 15) is 9.59 Å². The number of halogens is 2. The van der Waals surface area contributed by atoms with Gasteiger partial charge in [-0.3, -0.25) is 5.32 Å². The third kappa shape index (κ3) is 4.99. The number of carbonyl (C=O) groups is 2. The molecule has 1 aliphatic carbocycles. The number of nitrogens with one attached hydrogen (secondary N) is 2. The van der Waals surface area contributed by atoms with Crippen LogP contribution in [0.15, 0.2) is 18.2 Å². The summed E-state index contributed by atoms with van der Waals surface area (Å²) in [6, 6.07) is 4.40. The molecule has 0 saturated heterocycles. The second-order valence-electron chi connectivity index (χ2n) is 6.55. The number of urea groups is 1. The predicted molar refractivity (Wildman–Crippen MR) is 115 cm³/mol. The highest BCUT2D eigenvalue weighted by Crippen LogP contribution is 2.37. The second kappa shape index (κ2) is 9.63. The summed E-state index contributed by atoms with van der Waals surface area (Å²) in [5, 5.41) is 6.84. The number of carbonyl (C=O) groups excluding carboxylic acids is 2. The summed E-state index contributed by atoms with van der Waals surface area (Å²) in [4.78, 5) is 26.3. The fraction of sp³-hybridized carbons (Fsp3) is 0.400. The van der Waals surface area contributed by atoms with Gasteiger partial charge in [0.2, 0.25) is 0 Å². The van der Waals surface area contributed by atoms with Gasteiger partial charge in [-0.2, -0.15) is 0 Å². The summed E-state index contributed by atoms with van der Waals surface area (Å²) >= 11 is 13.4. The van der Waals surface area contributed by atoms with E-state index in [1.807, 2.05) is 0 Å². The molecule has 0 bridgehead atoms. The Morgan fingerprint density at radius 1 is 1.07 bits per heavy atom. The van der Waals surface area contributed by atoms with Gasteiger partial charge in [-0.25, -0.2) is 9.59 Å². The normalized spacial score (nSPS) is 13.8. The highest BCUT2D eigenvalue weighted by Gasteiger charge is 2.26. The van der Waals surface area contributed by atoms with Crippen molar-refractivity contribution in [3.05, 3.63) is 44.2 Å². The van der Waals surface area contributed by atoms with Crippen molar-refractivity contribution >= 4 is 57.2 Å². The Bertz CT molecular complexity index is 883. The summed E-state index contributed by atoms with van der Waals surface area (Å²) in [5.74, 6) is -0.384. The molecule has 8 heteroatoms. The topological polar surface area (TPSA) is 67.4 Å². The summed E-state index contributed by atoms with van der Waals surface area (Å²) in [6.07, 6.45) is 6.21. The lowest BCUT2D eigenvalue weighted by molar-refractivity contribution is 0.0526. The van der Waals surface area contributed by atoms with Crippen LogP contribution in [0.5, 0.6) is 0 Å². The molecular formula is C20H22Cl2N2O3S. The van der Waals surface area contributed by atoms with Gasteiger partial charge in [-0.15, -0.1) is 11.3 Å². The average Bonchev–Trinajstić information content (AvgIpc) is 2.94. The molecule has 0 aliphatic heterocycles. The predicted octanol–water partition coefficient (Wildman–Crippen LogP) is 6.53. The van der Waals surface area contributed by atoms with Crippen molar-refractivity contribution in [2.75, 3.05) is 17.2 Å². The Labute approximate surface area is 178 Å². The molecular weight excluding hydrogens is 419 g/mol. The largest absolute Gasteiger partial charge is 0.462 e. The minimum absolute atomic E-state index is 0.290. The fourth-order valence-electron chi connectivity index (χ4n) is 3.27. The Hall–Kier alpha value is -1.76. The van der Waals surface area contributed by atoms with E-state index >= 15 is 0 Å². The molecule has 1 aromatic heterocycles. The van der Waals surface area contributed by atoms with Crippen molar-refractivity contribution in [1.82, 2.24) is 0 Å². The van der Waals surface area contributed by atoms with Crippen LogP contribution in [0.2, 0.25) is 10.0 Å². The summed E-state index contributed by atoms with van der Waals surface area (Å²) in [7, 11) is 0. The first-order valence-electron chi connectivity index (χ1n) is 9.34. The first-order chi connectivity index (χ1) is 13.5. The molecule has 1 aromatic carbocycles. The number of amides is 2. The van der Waals surface area contributed by atoms with Crippen LogP contribution in [-0.4, -0.2) is 18.6 Å². The van der Waals surface area contributed by atoms with E-state index < -0.39 is 6.03 Å². The van der Waals surface area contributed by atoms with E-state index in [0.717, 1.165) is 42.5 Å². The van der Waals surface area contributed by atoms with Crippen LogP contribution < -0.4 is 10.6 Å². The second-order valence-corrected chi connectivity index (χ2v) is 8.47. The van der Waals surface area contributed by atoms with Crippen LogP contribution in [0.25, 0.3) is 0 Å². The molecule has 5 nitrogen and oxygen atoms in total. The molecule has 1 aliphatic rings. The maximum absolute atomic E-state index is 12.6. The minimum Gasteiger partial charge on any atom is -0.462 e. The number of esters is 1. The van der Waals surface area contributed by atoms with Crippen molar-refractivity contribution in [3.8, 4) is 0 Å². The highest BCUT2D eigenvalue weighted by atomic mass is 35.5. The van der Waals surface area contributed by atoms with Gasteiger partial charge >= 0.3 is 12.0 Å². The van der Waals surface area contributed by atoms with Crippen molar-refractivity contribution in [3.63, 3.8) is 0 Å². The third-order valence-electron chi connectivity index (χ3n) is 4.56. The summed E-state index contributed by atoms with van der Waals surface area (Å²) in [6.45, 7) is 2.07. The van der Waals surface area contributed by atoms with Crippen LogP contribution in [-0.2, 0) is 17.6 Å². The maximum atomic E-state index is 12.6. The molecule has 28 heavy (non-hydrogen) atoms. The molecule has 2 N–H and O–H groups in total. The molecule has 0 radical (unpaired) electrons. The molecule has 3 rings (SSSR count). The SMILES string of the molecule is CCOC(=O)c1c(NC(=O)Nc2ccc(Cl)c(Cl)c2)sc2c1CCCCCC2. The van der Waals surface area contributed by atoms with Gasteiger partial charge in [0, 0.05) is 10.6 Å². The zero-order chi connectivity index (χ0) is 20.1. The average molecular weight is 441 g/mol. The molecule has 2 amide bonds. The lowest BCUT2D eigenvalue weighted by Crippen LogP contribution is -2.20. The number of rotatable bonds is 4. The molecule has 2 aromatic rings. The number of aryl methyl sites for hydroxylation is 1. The third-order valence-corrected chi connectivity index (χ3v) is 6.50. The Morgan fingerprint density at radius 3 is 2.54 bits per heavy atom. The molecule has 150 valence electrons. The Kier molecular flexibility index (Phi) is 7.21. The number of ether oxygens (including phenoxy) is 1. The number of anilines is 2. The maximum Gasteiger partial charge on any atom is 0.341 e. The van der Waals surface area contributed by atoms with Gasteiger partial charge in [-0.1, -0.05) is 36.0 Å². The quantitative estimate of drug-likeness (QED) is 0.530. The smallest absolute Gasteiger partial charge is 0.341 e. The first kappa shape index (κ1) is 21.0. The summed E-state index contributed by atoms with van der Waals surface area (Å²) in [5.41, 5.74) is 2.03. The van der Waals surface area contributed by atoms with Crippen LogP contribution in [0.3, 0.4) is 0 Å². The van der Waals surface area contributed by atoms with Crippen molar-refractivity contribution < 1.29 is 14.3 Å². The van der Waals surface area contributed by atoms with E-state index in [4.69, 9.17) is 27.9 Å². The van der Waals surface area contributed by atoms with Crippen molar-refractivity contribution in [1.29, 1.82) is 0 Å². The molecule has 1 heterocycles. The van der Waals surface area contributed by atoms with E-state index in [1.165, 1.54) is 17.8 Å². The minimum atomic E-state index is -0.446. The number of fused-ring (bicyclic) bond motifs is 1. The molecule has 0 saturated carbocycles. The van der Waals surface area contributed by atoms with Crippen molar-refractivity contribution in [2.45, 2.75) is 45.4 Å². The highest BCUT2D eigenvalue weighted by molar-refractivity contribution is 7.17. The molecule has 0 spiro atoms. The molecule has 0 fully saturated rings. The van der Waals surface area contributed by atoms with Crippen LogP contribution in [0.4, 0.5) is 15.5 Å². The lowest BCUT2D eigenvalue weighted by atomic mass is 9.96. The number of benzene rings is 1. The fourth-order valence-corrected chi connectivity index (χ4v) is 4.84. The van der Waals surface area contributed by atoms with Gasteiger partial charge in [0.05, 0.1) is 22.2 Å². The van der Waals surface area contributed by atoms with Crippen LogP contribution in [0, 0.1) is 0 Å². The number of hydrogen-bond acceptors (Lipinski definition) is 4. The number of thiophene rings is 1. The monoisotopic (exact) mass is 440 g/mol. The van der Waals surface area contributed by atoms with Crippen molar-refractivity contribution in [2.24, 2.45) is 0 Å². The van der Waals surface area contributed by atoms with E-state index in [-0.39, 0.29) is 5.97 Å². The van der Waals surface area contributed by atoms with Gasteiger partial charge in [0.15, 0.2) is 0 Å². The van der Waals surface area contributed by atoms with E-state index in [0.29, 0.717) is 32.9 Å². The zero-order valence-corrected chi connectivity index (χ0v) is 17.9. The lowest BCUT2D eigenvalue weighted by Gasteiger charge is -2.12. The van der Waals surface area contributed by atoms with Gasteiger partial charge in [0.25, 0.3) is 0 Å². The zero-order valence-electron chi connectivity index (χ0n) is 15.6. The van der Waals surface area contributed by atoms with Crippen LogP contribution >= 0.6 is 34.5 Å². The van der Waals surface area contributed by atoms with Gasteiger partial charge in [0.1, 0.15) is 5.00 Å². The number of hydrogen-bond donors (Lipinski definition) is 2. The Balaban J connectivity index is 1.84. The van der Waals surface area contributed by atoms with E-state index in [1.54, 1.807) is 25.1 Å².